The number of carbonyl (C=O) groups excluding carboxylic acids is 1. The molecule has 0 radical (unpaired) electrons. The molecule has 2 rings (SSSR count). The number of aromatic nitrogens is 6. The summed E-state index contributed by atoms with van der Waals surface area (Å²) in [5, 5.41) is 14.2. The number of H-pyrrole nitrogens is 1. The first-order valence-electron chi connectivity index (χ1n) is 4.44. The molecule has 0 aliphatic heterocycles. The van der Waals surface area contributed by atoms with Gasteiger partial charge >= 0.3 is 0 Å². The fourth-order valence-electron chi connectivity index (χ4n) is 1.14. The summed E-state index contributed by atoms with van der Waals surface area (Å²) in [4.78, 5) is 15.1. The highest BCUT2D eigenvalue weighted by atomic mass is 16.1. The second-order valence-electron chi connectivity index (χ2n) is 3.19. The number of nitrogens with zero attached hydrogens (tertiary/aromatic N) is 5. The van der Waals surface area contributed by atoms with Crippen molar-refractivity contribution < 1.29 is 4.79 Å². The fraction of sp³-hybridized carbons (Fsp3) is 0.375. The summed E-state index contributed by atoms with van der Waals surface area (Å²) in [6, 6.07) is 0. The number of ketones is 1. The maximum absolute atomic E-state index is 11.0. The SMILES string of the molecule is CC(=O)c1cn(Cc2n[nH]c(C)n2)nn1. The third-order valence-electron chi connectivity index (χ3n) is 1.85. The molecular weight excluding hydrogens is 196 g/mol. The number of aromatic amines is 1. The van der Waals surface area contributed by atoms with Crippen LogP contribution in [0.15, 0.2) is 6.20 Å². The van der Waals surface area contributed by atoms with Gasteiger partial charge in [0, 0.05) is 6.92 Å². The number of hydrogen-bond donors (Lipinski definition) is 1. The van der Waals surface area contributed by atoms with Crippen molar-refractivity contribution in [3.63, 3.8) is 0 Å². The average molecular weight is 206 g/mol. The average Bonchev–Trinajstić information content (AvgIpc) is 2.76. The van der Waals surface area contributed by atoms with Crippen LogP contribution in [-0.4, -0.2) is 36.0 Å². The summed E-state index contributed by atoms with van der Waals surface area (Å²) in [6.45, 7) is 3.68. The van der Waals surface area contributed by atoms with Crippen LogP contribution >= 0.6 is 0 Å². The zero-order valence-electron chi connectivity index (χ0n) is 8.43. The molecule has 0 saturated carbocycles. The van der Waals surface area contributed by atoms with Crippen LogP contribution in [-0.2, 0) is 6.54 Å². The largest absolute Gasteiger partial charge is 0.293 e. The van der Waals surface area contributed by atoms with Gasteiger partial charge in [0.05, 0.1) is 6.20 Å². The molecule has 0 atom stereocenters. The number of carbonyl (C=O) groups is 1. The van der Waals surface area contributed by atoms with Crippen molar-refractivity contribution in [2.75, 3.05) is 0 Å². The van der Waals surface area contributed by atoms with Gasteiger partial charge in [-0.3, -0.25) is 9.89 Å². The lowest BCUT2D eigenvalue weighted by molar-refractivity contribution is 0.101. The molecule has 0 unspecified atom stereocenters. The van der Waals surface area contributed by atoms with E-state index in [1.165, 1.54) is 11.6 Å². The number of rotatable bonds is 3. The van der Waals surface area contributed by atoms with Crippen LogP contribution in [0.3, 0.4) is 0 Å². The Hall–Kier alpha value is -2.05. The second-order valence-corrected chi connectivity index (χ2v) is 3.19. The van der Waals surface area contributed by atoms with Crippen LogP contribution in [0.5, 0.6) is 0 Å². The normalized spacial score (nSPS) is 10.5. The van der Waals surface area contributed by atoms with E-state index in [9.17, 15) is 4.79 Å². The first kappa shape index (κ1) is 9.50. The van der Waals surface area contributed by atoms with E-state index in [2.05, 4.69) is 25.5 Å². The van der Waals surface area contributed by atoms with Crippen molar-refractivity contribution in [3.05, 3.63) is 23.5 Å². The van der Waals surface area contributed by atoms with Gasteiger partial charge in [0.1, 0.15) is 18.1 Å². The van der Waals surface area contributed by atoms with Gasteiger partial charge in [-0.2, -0.15) is 5.10 Å². The molecule has 2 heterocycles. The zero-order valence-corrected chi connectivity index (χ0v) is 8.43. The molecule has 0 amide bonds. The maximum atomic E-state index is 11.0. The molecule has 15 heavy (non-hydrogen) atoms. The van der Waals surface area contributed by atoms with E-state index < -0.39 is 0 Å². The van der Waals surface area contributed by atoms with Gasteiger partial charge in [-0.1, -0.05) is 5.21 Å². The van der Waals surface area contributed by atoms with Crippen LogP contribution < -0.4 is 0 Å². The Bertz CT molecular complexity index is 485. The Balaban J connectivity index is 2.14. The van der Waals surface area contributed by atoms with Crippen molar-refractivity contribution in [3.8, 4) is 0 Å². The van der Waals surface area contributed by atoms with E-state index in [0.29, 0.717) is 18.1 Å². The molecule has 0 aliphatic rings. The van der Waals surface area contributed by atoms with E-state index in [1.54, 1.807) is 6.20 Å². The Labute approximate surface area is 85.5 Å². The first-order valence-corrected chi connectivity index (χ1v) is 4.44. The Morgan fingerprint density at radius 1 is 1.60 bits per heavy atom. The first-order chi connectivity index (χ1) is 7.15. The summed E-state index contributed by atoms with van der Waals surface area (Å²) >= 11 is 0. The fourth-order valence-corrected chi connectivity index (χ4v) is 1.14. The van der Waals surface area contributed by atoms with E-state index >= 15 is 0 Å². The maximum Gasteiger partial charge on any atom is 0.181 e. The van der Waals surface area contributed by atoms with Crippen molar-refractivity contribution in [1.82, 2.24) is 30.2 Å². The van der Waals surface area contributed by atoms with Gasteiger partial charge < -0.3 is 0 Å². The molecule has 7 nitrogen and oxygen atoms in total. The highest BCUT2D eigenvalue weighted by molar-refractivity contribution is 5.91. The van der Waals surface area contributed by atoms with E-state index in [0.717, 1.165) is 5.82 Å². The Morgan fingerprint density at radius 3 is 2.93 bits per heavy atom. The zero-order chi connectivity index (χ0) is 10.8. The van der Waals surface area contributed by atoms with Crippen molar-refractivity contribution in [2.24, 2.45) is 0 Å². The molecule has 0 bridgehead atoms. The molecule has 1 N–H and O–H groups in total. The highest BCUT2D eigenvalue weighted by Gasteiger charge is 2.07. The molecule has 0 spiro atoms. The number of hydrogen-bond acceptors (Lipinski definition) is 5. The minimum Gasteiger partial charge on any atom is -0.293 e. The van der Waals surface area contributed by atoms with Gasteiger partial charge in [0.2, 0.25) is 0 Å². The van der Waals surface area contributed by atoms with Crippen molar-refractivity contribution >= 4 is 5.78 Å². The van der Waals surface area contributed by atoms with Crippen LogP contribution in [0.2, 0.25) is 0 Å². The minimum atomic E-state index is -0.104. The van der Waals surface area contributed by atoms with Crippen molar-refractivity contribution in [1.29, 1.82) is 0 Å². The van der Waals surface area contributed by atoms with E-state index in [1.807, 2.05) is 6.92 Å². The molecule has 0 aliphatic carbocycles. The topological polar surface area (TPSA) is 89.4 Å². The summed E-state index contributed by atoms with van der Waals surface area (Å²) in [7, 11) is 0. The standard InChI is InChI=1S/C8H10N6O/c1-5(15)7-3-14(13-11-7)4-8-9-6(2)10-12-8/h3H,4H2,1-2H3,(H,9,10,12). The lowest BCUT2D eigenvalue weighted by Crippen LogP contribution is -2.02. The Morgan fingerprint density at radius 2 is 2.40 bits per heavy atom. The van der Waals surface area contributed by atoms with E-state index in [-0.39, 0.29) is 5.78 Å². The molecule has 0 saturated heterocycles. The Kier molecular flexibility index (Phi) is 2.28. The van der Waals surface area contributed by atoms with Crippen molar-refractivity contribution in [2.45, 2.75) is 20.4 Å². The van der Waals surface area contributed by atoms with Gasteiger partial charge in [0.25, 0.3) is 0 Å². The van der Waals surface area contributed by atoms with Crippen LogP contribution in [0.1, 0.15) is 29.1 Å². The predicted octanol–water partition coefficient (Wildman–Crippen LogP) is -0.0445. The number of Topliss-reactive ketones (excluding diaryl/α,β-unsaturated/α-hetero) is 1. The molecule has 0 aromatic carbocycles. The number of nitrogens with one attached hydrogen (secondary N) is 1. The van der Waals surface area contributed by atoms with Crippen LogP contribution in [0.25, 0.3) is 0 Å². The number of aryl methyl sites for hydroxylation is 1. The summed E-state index contributed by atoms with van der Waals surface area (Å²) in [5.41, 5.74) is 0.349. The second kappa shape index (κ2) is 3.60. The molecule has 2 aromatic heterocycles. The molecular formula is C8H10N6O. The monoisotopic (exact) mass is 206 g/mol. The van der Waals surface area contributed by atoms with Gasteiger partial charge in [-0.15, -0.1) is 5.10 Å². The smallest absolute Gasteiger partial charge is 0.181 e. The lowest BCUT2D eigenvalue weighted by atomic mass is 10.3. The predicted molar refractivity (Wildman–Crippen MR) is 50.2 cm³/mol. The minimum absolute atomic E-state index is 0.104. The third-order valence-corrected chi connectivity index (χ3v) is 1.85. The molecule has 7 heteroatoms. The van der Waals surface area contributed by atoms with E-state index in [4.69, 9.17) is 0 Å². The van der Waals surface area contributed by atoms with Gasteiger partial charge in [-0.25, -0.2) is 9.67 Å². The van der Waals surface area contributed by atoms with Gasteiger partial charge in [-0.05, 0) is 6.92 Å². The molecule has 2 aromatic rings. The van der Waals surface area contributed by atoms with Crippen LogP contribution in [0.4, 0.5) is 0 Å². The summed E-state index contributed by atoms with van der Waals surface area (Å²) in [5.74, 6) is 1.26. The third kappa shape index (κ3) is 2.06. The molecule has 78 valence electrons. The van der Waals surface area contributed by atoms with Gasteiger partial charge in [0.15, 0.2) is 11.6 Å². The summed E-state index contributed by atoms with van der Waals surface area (Å²) in [6.07, 6.45) is 1.58. The summed E-state index contributed by atoms with van der Waals surface area (Å²) < 4.78 is 1.53. The molecule has 0 fully saturated rings. The van der Waals surface area contributed by atoms with Crippen LogP contribution in [0, 0.1) is 6.92 Å². The highest BCUT2D eigenvalue weighted by Crippen LogP contribution is 1.98. The lowest BCUT2D eigenvalue weighted by Gasteiger charge is -1.92. The quantitative estimate of drug-likeness (QED) is 0.711.